The van der Waals surface area contributed by atoms with E-state index >= 15 is 0 Å². The summed E-state index contributed by atoms with van der Waals surface area (Å²) in [6, 6.07) is 0. The molecule has 4 N–H and O–H groups in total. The Hall–Kier alpha value is -0.160. The van der Waals surface area contributed by atoms with Gasteiger partial charge in [0, 0.05) is 0 Å². The molecule has 0 fully saturated rings. The van der Waals surface area contributed by atoms with Crippen molar-refractivity contribution in [1.82, 2.24) is 0 Å². The Balaban J connectivity index is 3.94. The molecular formula is C13H28O4. The first-order chi connectivity index (χ1) is 7.87. The summed E-state index contributed by atoms with van der Waals surface area (Å²) >= 11 is 0. The van der Waals surface area contributed by atoms with E-state index in [1.165, 1.54) is 19.3 Å². The van der Waals surface area contributed by atoms with E-state index in [2.05, 4.69) is 6.92 Å². The fourth-order valence-electron chi connectivity index (χ4n) is 2.07. The summed E-state index contributed by atoms with van der Waals surface area (Å²) in [6.07, 6.45) is 7.30. The number of unbranched alkanes of at least 4 members (excludes halogenated alkanes) is 5. The standard InChI is InChI=1S/C13H28O4/c1-3-5-6-7-8-9-11-12(14,10-4-2)13(15,16)17/h14-17H,3-11H2,1-2H3. The molecule has 1 atom stereocenters. The largest absolute Gasteiger partial charge is 0.381 e. The van der Waals surface area contributed by atoms with E-state index < -0.39 is 11.6 Å². The van der Waals surface area contributed by atoms with Crippen LogP contribution in [0, 0.1) is 0 Å². The Morgan fingerprint density at radius 1 is 0.647 bits per heavy atom. The van der Waals surface area contributed by atoms with Crippen molar-refractivity contribution in [1.29, 1.82) is 0 Å². The van der Waals surface area contributed by atoms with Crippen molar-refractivity contribution in [2.75, 3.05) is 0 Å². The molecule has 0 aromatic carbocycles. The Labute approximate surface area is 104 Å². The Bertz CT molecular complexity index is 188. The fraction of sp³-hybridized carbons (Fsp3) is 1.00. The number of hydrogen-bond acceptors (Lipinski definition) is 4. The Morgan fingerprint density at radius 3 is 1.65 bits per heavy atom. The van der Waals surface area contributed by atoms with E-state index in [1.54, 1.807) is 0 Å². The third-order valence-corrected chi connectivity index (χ3v) is 3.23. The van der Waals surface area contributed by atoms with Crippen molar-refractivity contribution in [2.45, 2.75) is 83.2 Å². The van der Waals surface area contributed by atoms with E-state index in [0.717, 1.165) is 12.8 Å². The van der Waals surface area contributed by atoms with Crippen LogP contribution >= 0.6 is 0 Å². The first kappa shape index (κ1) is 16.8. The smallest absolute Gasteiger partial charge is 0.305 e. The molecule has 0 bridgehead atoms. The summed E-state index contributed by atoms with van der Waals surface area (Å²) in [7, 11) is 0. The second-order valence-electron chi connectivity index (χ2n) is 4.93. The summed E-state index contributed by atoms with van der Waals surface area (Å²) in [5.74, 6) is -2.99. The Kier molecular flexibility index (Phi) is 7.96. The van der Waals surface area contributed by atoms with Crippen molar-refractivity contribution >= 4 is 0 Å². The Morgan fingerprint density at radius 2 is 1.18 bits per heavy atom. The van der Waals surface area contributed by atoms with E-state index in [9.17, 15) is 5.11 Å². The quantitative estimate of drug-likeness (QED) is 0.351. The van der Waals surface area contributed by atoms with Crippen LogP contribution in [0.25, 0.3) is 0 Å². The molecule has 4 nitrogen and oxygen atoms in total. The van der Waals surface area contributed by atoms with Crippen LogP contribution in [0.5, 0.6) is 0 Å². The number of rotatable bonds is 10. The molecule has 0 saturated heterocycles. The highest BCUT2D eigenvalue weighted by Gasteiger charge is 2.45. The number of aliphatic hydroxyl groups is 4. The maximum atomic E-state index is 10.0. The van der Waals surface area contributed by atoms with Crippen LogP contribution in [-0.4, -0.2) is 32.0 Å². The molecule has 0 aromatic rings. The average Bonchev–Trinajstić information content (AvgIpc) is 2.22. The monoisotopic (exact) mass is 248 g/mol. The van der Waals surface area contributed by atoms with Crippen LogP contribution in [0.1, 0.15) is 71.6 Å². The minimum Gasteiger partial charge on any atom is -0.381 e. The van der Waals surface area contributed by atoms with Crippen molar-refractivity contribution in [2.24, 2.45) is 0 Å². The highest BCUT2D eigenvalue weighted by Crippen LogP contribution is 2.29. The first-order valence-corrected chi connectivity index (χ1v) is 6.77. The third kappa shape index (κ3) is 6.36. The van der Waals surface area contributed by atoms with Gasteiger partial charge in [-0.05, 0) is 12.8 Å². The minimum atomic E-state index is -2.99. The molecule has 0 aliphatic rings. The average molecular weight is 248 g/mol. The van der Waals surface area contributed by atoms with E-state index in [1.807, 2.05) is 6.92 Å². The van der Waals surface area contributed by atoms with Crippen LogP contribution in [-0.2, 0) is 0 Å². The van der Waals surface area contributed by atoms with Gasteiger partial charge in [0.15, 0.2) is 0 Å². The van der Waals surface area contributed by atoms with Crippen LogP contribution in [0.15, 0.2) is 0 Å². The maximum Gasteiger partial charge on any atom is 0.305 e. The SMILES string of the molecule is CCCCCCCCC(O)(CCC)C(O)(O)O. The maximum absolute atomic E-state index is 10.0. The molecule has 0 aliphatic carbocycles. The molecule has 0 amide bonds. The second-order valence-corrected chi connectivity index (χ2v) is 4.93. The predicted molar refractivity (Wildman–Crippen MR) is 67.2 cm³/mol. The normalized spacial score (nSPS) is 15.9. The van der Waals surface area contributed by atoms with Gasteiger partial charge in [-0.1, -0.05) is 58.8 Å². The van der Waals surface area contributed by atoms with Gasteiger partial charge in [0.1, 0.15) is 5.60 Å². The molecule has 17 heavy (non-hydrogen) atoms. The second kappa shape index (κ2) is 8.03. The van der Waals surface area contributed by atoms with Crippen molar-refractivity contribution < 1.29 is 20.4 Å². The van der Waals surface area contributed by atoms with Gasteiger partial charge >= 0.3 is 5.97 Å². The zero-order chi connectivity index (χ0) is 13.4. The van der Waals surface area contributed by atoms with Crippen molar-refractivity contribution in [3.8, 4) is 0 Å². The predicted octanol–water partition coefficient (Wildman–Crippen LogP) is 1.90. The van der Waals surface area contributed by atoms with Gasteiger partial charge in [-0.2, -0.15) is 0 Å². The topological polar surface area (TPSA) is 80.9 Å². The lowest BCUT2D eigenvalue weighted by molar-refractivity contribution is -0.393. The first-order valence-electron chi connectivity index (χ1n) is 6.77. The summed E-state index contributed by atoms with van der Waals surface area (Å²) in [6.45, 7) is 3.98. The molecule has 0 aliphatic heterocycles. The molecule has 4 heteroatoms. The molecular weight excluding hydrogens is 220 g/mol. The summed E-state index contributed by atoms with van der Waals surface area (Å²) in [5, 5.41) is 37.5. The summed E-state index contributed by atoms with van der Waals surface area (Å²) < 4.78 is 0. The van der Waals surface area contributed by atoms with Gasteiger partial charge in [0.05, 0.1) is 0 Å². The zero-order valence-corrected chi connectivity index (χ0v) is 11.2. The minimum absolute atomic E-state index is 0.186. The van der Waals surface area contributed by atoms with E-state index in [-0.39, 0.29) is 12.8 Å². The molecule has 0 rings (SSSR count). The van der Waals surface area contributed by atoms with Crippen LogP contribution in [0.4, 0.5) is 0 Å². The highest BCUT2D eigenvalue weighted by atomic mass is 16.7. The molecule has 1 unspecified atom stereocenters. The van der Waals surface area contributed by atoms with Crippen LogP contribution in [0.2, 0.25) is 0 Å². The van der Waals surface area contributed by atoms with E-state index in [4.69, 9.17) is 15.3 Å². The van der Waals surface area contributed by atoms with E-state index in [0.29, 0.717) is 12.8 Å². The molecule has 0 radical (unpaired) electrons. The molecule has 0 saturated carbocycles. The number of hydrogen-bond donors (Lipinski definition) is 4. The van der Waals surface area contributed by atoms with Crippen molar-refractivity contribution in [3.05, 3.63) is 0 Å². The lowest BCUT2D eigenvalue weighted by Gasteiger charge is -2.35. The molecule has 0 aromatic heterocycles. The van der Waals surface area contributed by atoms with Gasteiger partial charge in [0.25, 0.3) is 0 Å². The lowest BCUT2D eigenvalue weighted by atomic mass is 9.88. The van der Waals surface area contributed by atoms with Crippen LogP contribution in [0.3, 0.4) is 0 Å². The van der Waals surface area contributed by atoms with Gasteiger partial charge in [0.2, 0.25) is 0 Å². The van der Waals surface area contributed by atoms with Gasteiger partial charge in [-0.3, -0.25) is 0 Å². The van der Waals surface area contributed by atoms with Gasteiger partial charge in [-0.25, -0.2) is 0 Å². The molecule has 0 spiro atoms. The molecule has 0 heterocycles. The third-order valence-electron chi connectivity index (χ3n) is 3.23. The zero-order valence-electron chi connectivity index (χ0n) is 11.2. The molecule has 104 valence electrons. The lowest BCUT2D eigenvalue weighted by Crippen LogP contribution is -2.54. The summed E-state index contributed by atoms with van der Waals surface area (Å²) in [5.41, 5.74) is -1.80. The van der Waals surface area contributed by atoms with Crippen molar-refractivity contribution in [3.63, 3.8) is 0 Å². The van der Waals surface area contributed by atoms with Gasteiger partial charge < -0.3 is 20.4 Å². The van der Waals surface area contributed by atoms with Gasteiger partial charge in [-0.15, -0.1) is 0 Å². The fourth-order valence-corrected chi connectivity index (χ4v) is 2.07. The summed E-state index contributed by atoms with van der Waals surface area (Å²) in [4.78, 5) is 0. The van der Waals surface area contributed by atoms with Crippen LogP contribution < -0.4 is 0 Å². The highest BCUT2D eigenvalue weighted by molar-refractivity contribution is 4.84.